The number of nitrogens with two attached hydrogens (primary N) is 2. The molecule has 0 aliphatic heterocycles. The Morgan fingerprint density at radius 2 is 1.81 bits per heavy atom. The minimum atomic E-state index is -0.814. The van der Waals surface area contributed by atoms with E-state index in [4.69, 9.17) is 16.6 Å². The number of aromatic nitrogens is 1. The van der Waals surface area contributed by atoms with Gasteiger partial charge in [0, 0.05) is 49.9 Å². The zero-order valence-electron chi connectivity index (χ0n) is 21.6. The summed E-state index contributed by atoms with van der Waals surface area (Å²) in [4.78, 5) is 19.1. The molecule has 0 saturated heterocycles. The molecule has 1 unspecified atom stereocenters. The molecular formula is C29H38N6O2. The molecule has 8 heteroatoms. The average molecular weight is 503 g/mol. The SMILES string of the molecule is CN=C/C(=C\N)c1cnc(N)c(NCCCNCC(C)c2cccc(CC(=O)O)c2)c1.c1ccccc1. The molecule has 1 heterocycles. The lowest BCUT2D eigenvalue weighted by atomic mass is 9.98. The molecule has 0 aliphatic carbocycles. The van der Waals surface area contributed by atoms with Crippen LogP contribution in [0.5, 0.6) is 0 Å². The minimum absolute atomic E-state index is 0.0483. The van der Waals surface area contributed by atoms with Gasteiger partial charge in [-0.15, -0.1) is 0 Å². The monoisotopic (exact) mass is 502 g/mol. The third kappa shape index (κ3) is 11.0. The van der Waals surface area contributed by atoms with E-state index in [9.17, 15) is 4.79 Å². The molecule has 7 N–H and O–H groups in total. The van der Waals surface area contributed by atoms with Gasteiger partial charge in [-0.3, -0.25) is 9.79 Å². The summed E-state index contributed by atoms with van der Waals surface area (Å²) >= 11 is 0. The van der Waals surface area contributed by atoms with E-state index in [1.807, 2.05) is 66.7 Å². The fourth-order valence-electron chi connectivity index (χ4n) is 3.57. The van der Waals surface area contributed by atoms with Crippen molar-refractivity contribution >= 4 is 29.3 Å². The number of rotatable bonds is 12. The zero-order chi connectivity index (χ0) is 26.9. The Hall–Kier alpha value is -4.17. The van der Waals surface area contributed by atoms with Crippen LogP contribution in [0.3, 0.4) is 0 Å². The number of benzene rings is 2. The van der Waals surface area contributed by atoms with Crippen LogP contribution in [0.4, 0.5) is 11.5 Å². The molecule has 1 aromatic heterocycles. The second kappa shape index (κ2) is 16.5. The maximum atomic E-state index is 10.9. The van der Waals surface area contributed by atoms with Crippen LogP contribution in [0.2, 0.25) is 0 Å². The molecule has 8 nitrogen and oxygen atoms in total. The number of hydrogen-bond donors (Lipinski definition) is 5. The molecule has 0 saturated carbocycles. The van der Waals surface area contributed by atoms with E-state index in [0.717, 1.165) is 54.0 Å². The summed E-state index contributed by atoms with van der Waals surface area (Å²) < 4.78 is 0. The summed E-state index contributed by atoms with van der Waals surface area (Å²) in [5, 5.41) is 15.7. The number of anilines is 2. The first-order valence-electron chi connectivity index (χ1n) is 12.3. The summed E-state index contributed by atoms with van der Waals surface area (Å²) in [6.07, 6.45) is 5.80. The van der Waals surface area contributed by atoms with Gasteiger partial charge in [0.2, 0.25) is 0 Å². The maximum Gasteiger partial charge on any atom is 0.307 e. The maximum absolute atomic E-state index is 10.9. The summed E-state index contributed by atoms with van der Waals surface area (Å²) in [6.45, 7) is 4.53. The first kappa shape index (κ1) is 29.1. The van der Waals surface area contributed by atoms with Crippen LogP contribution in [-0.4, -0.2) is 49.0 Å². The molecule has 0 aliphatic rings. The Kier molecular flexibility index (Phi) is 13.0. The van der Waals surface area contributed by atoms with E-state index in [1.165, 1.54) is 6.20 Å². The summed E-state index contributed by atoms with van der Waals surface area (Å²) in [5.74, 6) is -0.0816. The van der Waals surface area contributed by atoms with Crippen LogP contribution in [0, 0.1) is 0 Å². The highest BCUT2D eigenvalue weighted by molar-refractivity contribution is 6.09. The lowest BCUT2D eigenvalue weighted by Gasteiger charge is -2.15. The number of aliphatic carboxylic acids is 1. The topological polar surface area (TPSA) is 139 Å². The van der Waals surface area contributed by atoms with Gasteiger partial charge in [-0.2, -0.15) is 0 Å². The van der Waals surface area contributed by atoms with Crippen LogP contribution < -0.4 is 22.1 Å². The molecule has 0 bridgehead atoms. The van der Waals surface area contributed by atoms with Gasteiger partial charge in [0.25, 0.3) is 0 Å². The number of carboxylic acid groups (broad SMARTS) is 1. The highest BCUT2D eigenvalue weighted by atomic mass is 16.4. The minimum Gasteiger partial charge on any atom is -0.481 e. The molecular weight excluding hydrogens is 464 g/mol. The van der Waals surface area contributed by atoms with Gasteiger partial charge in [-0.1, -0.05) is 67.6 Å². The van der Waals surface area contributed by atoms with Gasteiger partial charge < -0.3 is 27.2 Å². The lowest BCUT2D eigenvalue weighted by Crippen LogP contribution is -2.23. The lowest BCUT2D eigenvalue weighted by molar-refractivity contribution is -0.136. The Labute approximate surface area is 219 Å². The normalized spacial score (nSPS) is 12.0. The fourth-order valence-corrected chi connectivity index (χ4v) is 3.57. The molecule has 196 valence electrons. The Balaban J connectivity index is 0.000000700. The van der Waals surface area contributed by atoms with Crippen molar-refractivity contribution in [2.75, 3.05) is 37.7 Å². The van der Waals surface area contributed by atoms with Crippen molar-refractivity contribution in [1.29, 1.82) is 0 Å². The van der Waals surface area contributed by atoms with Crippen molar-refractivity contribution < 1.29 is 9.90 Å². The van der Waals surface area contributed by atoms with Crippen molar-refractivity contribution in [3.05, 3.63) is 95.8 Å². The summed E-state index contributed by atoms with van der Waals surface area (Å²) in [7, 11) is 1.69. The Bertz CT molecular complexity index is 1120. The van der Waals surface area contributed by atoms with Gasteiger partial charge in [-0.25, -0.2) is 4.98 Å². The highest BCUT2D eigenvalue weighted by Crippen LogP contribution is 2.21. The van der Waals surface area contributed by atoms with E-state index in [-0.39, 0.29) is 6.42 Å². The molecule has 3 aromatic rings. The number of aliphatic imine (C=N–C) groups is 1. The van der Waals surface area contributed by atoms with Gasteiger partial charge in [0.05, 0.1) is 12.1 Å². The number of nitrogens with one attached hydrogen (secondary N) is 2. The molecule has 1 atom stereocenters. The standard InChI is InChI=1S/C23H32N6O2.C6H6/c1-16(18-6-3-5-17(9-18)10-22(30)31)13-27-7-4-8-28-21-11-19(15-29-23(21)25)20(12-24)14-26-2;1-2-4-6-5-3-1/h3,5-6,9,11-12,14-16,27-28H,4,7-8,10,13,24H2,1-2H3,(H2,25,29)(H,30,31);1-6H/b20-12+,26-14?;. The number of carbonyl (C=O) groups is 1. The fraction of sp³-hybridized carbons (Fsp3) is 0.276. The van der Waals surface area contributed by atoms with Crippen molar-refractivity contribution in [2.24, 2.45) is 10.7 Å². The van der Waals surface area contributed by atoms with Crippen molar-refractivity contribution in [1.82, 2.24) is 10.3 Å². The number of nitrogens with zero attached hydrogens (tertiary/aromatic N) is 2. The first-order chi connectivity index (χ1) is 17.9. The van der Waals surface area contributed by atoms with Crippen LogP contribution in [0.1, 0.15) is 36.0 Å². The Morgan fingerprint density at radius 3 is 2.43 bits per heavy atom. The van der Waals surface area contributed by atoms with Gasteiger partial charge in [0.1, 0.15) is 5.82 Å². The van der Waals surface area contributed by atoms with Gasteiger partial charge in [-0.05, 0) is 36.1 Å². The summed E-state index contributed by atoms with van der Waals surface area (Å²) in [5.41, 5.74) is 16.0. The number of allylic oxidation sites excluding steroid dienone is 1. The van der Waals surface area contributed by atoms with Crippen LogP contribution in [-0.2, 0) is 11.2 Å². The van der Waals surface area contributed by atoms with Crippen molar-refractivity contribution in [2.45, 2.75) is 25.7 Å². The predicted molar refractivity (Wildman–Crippen MR) is 154 cm³/mol. The molecule has 0 radical (unpaired) electrons. The quantitative estimate of drug-likeness (QED) is 0.185. The van der Waals surface area contributed by atoms with Crippen LogP contribution >= 0.6 is 0 Å². The second-order valence-electron chi connectivity index (χ2n) is 8.52. The molecule has 0 amide bonds. The molecule has 0 fully saturated rings. The predicted octanol–water partition coefficient (Wildman–Crippen LogP) is 4.17. The van der Waals surface area contributed by atoms with Crippen molar-refractivity contribution in [3.63, 3.8) is 0 Å². The van der Waals surface area contributed by atoms with E-state index in [1.54, 1.807) is 19.5 Å². The van der Waals surface area contributed by atoms with Crippen LogP contribution in [0.15, 0.2) is 84.1 Å². The highest BCUT2D eigenvalue weighted by Gasteiger charge is 2.08. The van der Waals surface area contributed by atoms with E-state index < -0.39 is 5.97 Å². The molecule has 37 heavy (non-hydrogen) atoms. The van der Waals surface area contributed by atoms with Crippen LogP contribution in [0.25, 0.3) is 5.57 Å². The number of pyridine rings is 1. The second-order valence-corrected chi connectivity index (χ2v) is 8.52. The third-order valence-electron chi connectivity index (χ3n) is 5.54. The smallest absolute Gasteiger partial charge is 0.307 e. The van der Waals surface area contributed by atoms with Gasteiger partial charge in [0.15, 0.2) is 0 Å². The molecule has 0 spiro atoms. The third-order valence-corrected chi connectivity index (χ3v) is 5.54. The Morgan fingerprint density at radius 1 is 1.11 bits per heavy atom. The van der Waals surface area contributed by atoms with E-state index in [2.05, 4.69) is 27.5 Å². The van der Waals surface area contributed by atoms with Gasteiger partial charge >= 0.3 is 5.97 Å². The molecule has 3 rings (SSSR count). The van der Waals surface area contributed by atoms with E-state index >= 15 is 0 Å². The first-order valence-corrected chi connectivity index (χ1v) is 12.3. The average Bonchev–Trinajstić information content (AvgIpc) is 2.91. The number of nitrogen functional groups attached to an aromatic ring is 1. The number of hydrogen-bond acceptors (Lipinski definition) is 7. The largest absolute Gasteiger partial charge is 0.481 e. The van der Waals surface area contributed by atoms with Crippen molar-refractivity contribution in [3.8, 4) is 0 Å². The number of carboxylic acids is 1. The zero-order valence-corrected chi connectivity index (χ0v) is 21.6. The molecule has 2 aromatic carbocycles. The summed E-state index contributed by atoms with van der Waals surface area (Å²) in [6, 6.07) is 21.7. The van der Waals surface area contributed by atoms with E-state index in [0.29, 0.717) is 11.7 Å².